The molecule has 2 heterocycles. The number of ether oxygens (including phenoxy) is 1. The SMILES string of the molecule is COc1ccc(/C(O)=C2\C(=O)C(=O)N(Cc3ccccc3)C2c2ccc(C)o2)cc1. The zero-order valence-corrected chi connectivity index (χ0v) is 16.7. The van der Waals surface area contributed by atoms with Crippen molar-refractivity contribution in [3.8, 4) is 5.75 Å². The Bertz CT molecular complexity index is 1110. The molecule has 2 aromatic carbocycles. The molecular formula is C24H21NO5. The quantitative estimate of drug-likeness (QED) is 0.392. The summed E-state index contributed by atoms with van der Waals surface area (Å²) in [4.78, 5) is 27.3. The summed E-state index contributed by atoms with van der Waals surface area (Å²) >= 11 is 0. The van der Waals surface area contributed by atoms with Gasteiger partial charge in [0.05, 0.1) is 12.7 Å². The molecule has 0 aliphatic carbocycles. The lowest BCUT2D eigenvalue weighted by Crippen LogP contribution is -2.29. The molecular weight excluding hydrogens is 382 g/mol. The molecule has 1 aliphatic rings. The maximum atomic E-state index is 13.0. The minimum absolute atomic E-state index is 0.00967. The molecule has 1 amide bonds. The lowest BCUT2D eigenvalue weighted by atomic mass is 9.99. The van der Waals surface area contributed by atoms with Gasteiger partial charge in [-0.05, 0) is 48.9 Å². The number of ketones is 1. The lowest BCUT2D eigenvalue weighted by molar-refractivity contribution is -0.140. The predicted molar refractivity (Wildman–Crippen MR) is 111 cm³/mol. The molecule has 30 heavy (non-hydrogen) atoms. The maximum absolute atomic E-state index is 13.0. The van der Waals surface area contributed by atoms with Crippen molar-refractivity contribution in [2.24, 2.45) is 0 Å². The molecule has 1 unspecified atom stereocenters. The first-order valence-corrected chi connectivity index (χ1v) is 9.52. The highest BCUT2D eigenvalue weighted by atomic mass is 16.5. The van der Waals surface area contributed by atoms with Gasteiger partial charge in [-0.25, -0.2) is 0 Å². The van der Waals surface area contributed by atoms with Crippen LogP contribution in [0, 0.1) is 6.92 Å². The van der Waals surface area contributed by atoms with Crippen molar-refractivity contribution in [3.05, 3.63) is 95.0 Å². The van der Waals surface area contributed by atoms with Crippen LogP contribution in [0.15, 0.2) is 76.7 Å². The Morgan fingerprint density at radius 2 is 1.73 bits per heavy atom. The second-order valence-electron chi connectivity index (χ2n) is 7.09. The summed E-state index contributed by atoms with van der Waals surface area (Å²) in [5.41, 5.74) is 1.30. The maximum Gasteiger partial charge on any atom is 0.296 e. The van der Waals surface area contributed by atoms with Crippen molar-refractivity contribution in [2.45, 2.75) is 19.5 Å². The van der Waals surface area contributed by atoms with E-state index < -0.39 is 17.7 Å². The number of carbonyl (C=O) groups excluding carboxylic acids is 2. The monoisotopic (exact) mass is 403 g/mol. The van der Waals surface area contributed by atoms with Gasteiger partial charge in [0.1, 0.15) is 29.1 Å². The van der Waals surface area contributed by atoms with Crippen molar-refractivity contribution in [1.29, 1.82) is 0 Å². The number of aryl methyl sites for hydroxylation is 1. The van der Waals surface area contributed by atoms with E-state index in [2.05, 4.69) is 0 Å². The molecule has 0 saturated carbocycles. The van der Waals surface area contributed by atoms with Crippen LogP contribution >= 0.6 is 0 Å². The lowest BCUT2D eigenvalue weighted by Gasteiger charge is -2.23. The van der Waals surface area contributed by atoms with E-state index in [0.29, 0.717) is 22.8 Å². The second-order valence-corrected chi connectivity index (χ2v) is 7.09. The Kier molecular flexibility index (Phi) is 5.14. The average Bonchev–Trinajstić information content (AvgIpc) is 3.30. The number of aliphatic hydroxyl groups is 1. The van der Waals surface area contributed by atoms with E-state index in [9.17, 15) is 14.7 Å². The topological polar surface area (TPSA) is 80.0 Å². The van der Waals surface area contributed by atoms with E-state index in [1.165, 1.54) is 4.90 Å². The van der Waals surface area contributed by atoms with Gasteiger partial charge in [0.25, 0.3) is 11.7 Å². The number of methoxy groups -OCH3 is 1. The van der Waals surface area contributed by atoms with Crippen molar-refractivity contribution < 1.29 is 23.8 Å². The summed E-state index contributed by atoms with van der Waals surface area (Å²) in [5.74, 6) is 0.0450. The highest BCUT2D eigenvalue weighted by Crippen LogP contribution is 2.41. The van der Waals surface area contributed by atoms with Crippen LogP contribution in [0.4, 0.5) is 0 Å². The van der Waals surface area contributed by atoms with Crippen LogP contribution in [-0.2, 0) is 16.1 Å². The number of hydrogen-bond donors (Lipinski definition) is 1. The molecule has 1 N–H and O–H groups in total. The van der Waals surface area contributed by atoms with Gasteiger partial charge in [0, 0.05) is 12.1 Å². The molecule has 6 nitrogen and oxygen atoms in total. The van der Waals surface area contributed by atoms with Gasteiger partial charge in [0.15, 0.2) is 0 Å². The largest absolute Gasteiger partial charge is 0.507 e. The third-order valence-electron chi connectivity index (χ3n) is 5.13. The van der Waals surface area contributed by atoms with Gasteiger partial charge in [-0.1, -0.05) is 30.3 Å². The van der Waals surface area contributed by atoms with Gasteiger partial charge >= 0.3 is 0 Å². The van der Waals surface area contributed by atoms with Gasteiger partial charge in [-0.3, -0.25) is 9.59 Å². The molecule has 0 bridgehead atoms. The summed E-state index contributed by atoms with van der Waals surface area (Å²) in [6.45, 7) is 2.01. The van der Waals surface area contributed by atoms with Crippen LogP contribution < -0.4 is 4.74 Å². The minimum atomic E-state index is -0.819. The standard InChI is InChI=1S/C24H21NO5/c1-15-8-13-19(30-15)21-20(22(26)17-9-11-18(29-2)12-10-17)23(27)24(28)25(21)14-16-6-4-3-5-7-16/h3-13,21,26H,14H2,1-2H3/b22-20+. The number of benzene rings is 2. The molecule has 0 radical (unpaired) electrons. The van der Waals surface area contributed by atoms with E-state index in [4.69, 9.17) is 9.15 Å². The Hall–Kier alpha value is -3.80. The molecule has 1 fully saturated rings. The Balaban J connectivity index is 1.83. The van der Waals surface area contributed by atoms with Crippen LogP contribution in [0.25, 0.3) is 5.76 Å². The normalized spacial score (nSPS) is 18.1. The molecule has 152 valence electrons. The van der Waals surface area contributed by atoms with Crippen LogP contribution in [0.3, 0.4) is 0 Å². The first kappa shape index (κ1) is 19.5. The first-order chi connectivity index (χ1) is 14.5. The average molecular weight is 403 g/mol. The van der Waals surface area contributed by atoms with Crippen LogP contribution in [0.1, 0.15) is 28.7 Å². The third kappa shape index (κ3) is 3.48. The second kappa shape index (κ2) is 7.91. The van der Waals surface area contributed by atoms with E-state index in [0.717, 1.165) is 5.56 Å². The Morgan fingerprint density at radius 1 is 1.03 bits per heavy atom. The zero-order valence-electron chi connectivity index (χ0n) is 16.7. The highest BCUT2D eigenvalue weighted by molar-refractivity contribution is 6.46. The van der Waals surface area contributed by atoms with Crippen LogP contribution in [-0.4, -0.2) is 28.8 Å². The van der Waals surface area contributed by atoms with Gasteiger partial charge in [-0.2, -0.15) is 0 Å². The summed E-state index contributed by atoms with van der Waals surface area (Å²) < 4.78 is 10.9. The molecule has 0 spiro atoms. The molecule has 1 atom stereocenters. The van der Waals surface area contributed by atoms with Gasteiger partial charge in [0.2, 0.25) is 0 Å². The van der Waals surface area contributed by atoms with Crippen molar-refractivity contribution in [3.63, 3.8) is 0 Å². The fourth-order valence-corrected chi connectivity index (χ4v) is 3.62. The molecule has 3 aromatic rings. The van der Waals surface area contributed by atoms with E-state index in [1.54, 1.807) is 50.4 Å². The van der Waals surface area contributed by atoms with Crippen molar-refractivity contribution >= 4 is 17.4 Å². The molecule has 6 heteroatoms. The van der Waals surface area contributed by atoms with Crippen molar-refractivity contribution in [1.82, 2.24) is 4.90 Å². The number of likely N-dealkylation sites (tertiary alicyclic amines) is 1. The fraction of sp³-hybridized carbons (Fsp3) is 0.167. The summed E-state index contributed by atoms with van der Waals surface area (Å²) in [7, 11) is 1.54. The molecule has 1 saturated heterocycles. The summed E-state index contributed by atoms with van der Waals surface area (Å²) in [6.07, 6.45) is 0. The van der Waals surface area contributed by atoms with E-state index in [1.807, 2.05) is 30.3 Å². The number of hydrogen-bond acceptors (Lipinski definition) is 5. The summed E-state index contributed by atoms with van der Waals surface area (Å²) in [5, 5.41) is 11.0. The van der Waals surface area contributed by atoms with E-state index in [-0.39, 0.29) is 17.9 Å². The Morgan fingerprint density at radius 3 is 2.33 bits per heavy atom. The number of rotatable bonds is 5. The smallest absolute Gasteiger partial charge is 0.296 e. The number of Topliss-reactive ketones (excluding diaryl/α,β-unsaturated/α-hetero) is 1. The van der Waals surface area contributed by atoms with Crippen LogP contribution in [0.5, 0.6) is 5.75 Å². The zero-order chi connectivity index (χ0) is 21.3. The third-order valence-corrected chi connectivity index (χ3v) is 5.13. The number of amides is 1. The number of aliphatic hydroxyl groups excluding tert-OH is 1. The van der Waals surface area contributed by atoms with E-state index >= 15 is 0 Å². The number of furan rings is 1. The number of nitrogens with zero attached hydrogens (tertiary/aromatic N) is 1. The molecule has 1 aromatic heterocycles. The first-order valence-electron chi connectivity index (χ1n) is 9.52. The van der Waals surface area contributed by atoms with Gasteiger partial charge in [-0.15, -0.1) is 0 Å². The summed E-state index contributed by atoms with van der Waals surface area (Å²) in [6, 6.07) is 18.7. The van der Waals surface area contributed by atoms with Crippen molar-refractivity contribution in [2.75, 3.05) is 7.11 Å². The highest BCUT2D eigenvalue weighted by Gasteiger charge is 2.47. The van der Waals surface area contributed by atoms with Gasteiger partial charge < -0.3 is 19.2 Å². The Labute approximate surface area is 174 Å². The molecule has 1 aliphatic heterocycles. The van der Waals surface area contributed by atoms with Crippen LogP contribution in [0.2, 0.25) is 0 Å². The fourth-order valence-electron chi connectivity index (χ4n) is 3.62. The number of carbonyl (C=O) groups is 2. The minimum Gasteiger partial charge on any atom is -0.507 e. The molecule has 4 rings (SSSR count). The predicted octanol–water partition coefficient (Wildman–Crippen LogP) is 4.22.